The lowest BCUT2D eigenvalue weighted by molar-refractivity contribution is -0.140. The molecule has 1 aliphatic heterocycles. The van der Waals surface area contributed by atoms with Crippen LogP contribution in [0.2, 0.25) is 0 Å². The summed E-state index contributed by atoms with van der Waals surface area (Å²) in [5, 5.41) is 0. The standard InChI is InChI=1S/C19H21FN2O/c1-19(2)10-9-16(18(23)22(19)3)17-8-7-14(12-21-17)13-5-4-6-15(20)11-13/h4-8,11-12,16H,9-10H2,1-3H3. The Labute approximate surface area is 136 Å². The van der Waals surface area contributed by atoms with E-state index in [1.54, 1.807) is 12.3 Å². The summed E-state index contributed by atoms with van der Waals surface area (Å²) < 4.78 is 13.3. The van der Waals surface area contributed by atoms with E-state index in [1.165, 1.54) is 12.1 Å². The molecule has 0 bridgehead atoms. The average molecular weight is 312 g/mol. The highest BCUT2D eigenvalue weighted by Crippen LogP contribution is 2.35. The molecule has 1 unspecified atom stereocenters. The molecule has 1 amide bonds. The number of benzene rings is 1. The van der Waals surface area contributed by atoms with E-state index in [0.717, 1.165) is 29.7 Å². The highest BCUT2D eigenvalue weighted by atomic mass is 19.1. The van der Waals surface area contributed by atoms with Crippen molar-refractivity contribution in [1.82, 2.24) is 9.88 Å². The number of likely N-dealkylation sites (tertiary alicyclic amines) is 1. The molecule has 120 valence electrons. The van der Waals surface area contributed by atoms with Crippen LogP contribution >= 0.6 is 0 Å². The summed E-state index contributed by atoms with van der Waals surface area (Å²) in [6.45, 7) is 4.17. The summed E-state index contributed by atoms with van der Waals surface area (Å²) in [5.74, 6) is -0.334. The summed E-state index contributed by atoms with van der Waals surface area (Å²) in [5.41, 5.74) is 2.33. The lowest BCUT2D eigenvalue weighted by Gasteiger charge is -2.42. The van der Waals surface area contributed by atoms with Crippen molar-refractivity contribution >= 4 is 5.91 Å². The number of pyridine rings is 1. The second-order valence-corrected chi connectivity index (χ2v) is 6.78. The molecule has 1 aromatic carbocycles. The van der Waals surface area contributed by atoms with Crippen LogP contribution < -0.4 is 0 Å². The number of nitrogens with zero attached hydrogens (tertiary/aromatic N) is 2. The van der Waals surface area contributed by atoms with Crippen molar-refractivity contribution in [3.8, 4) is 11.1 Å². The Morgan fingerprint density at radius 2 is 2.00 bits per heavy atom. The van der Waals surface area contributed by atoms with Gasteiger partial charge in [0.15, 0.2) is 0 Å². The van der Waals surface area contributed by atoms with Crippen LogP contribution in [0.15, 0.2) is 42.6 Å². The van der Waals surface area contributed by atoms with Gasteiger partial charge in [0.05, 0.1) is 11.6 Å². The average Bonchev–Trinajstić information content (AvgIpc) is 2.53. The van der Waals surface area contributed by atoms with Gasteiger partial charge < -0.3 is 4.90 Å². The maximum atomic E-state index is 13.3. The maximum absolute atomic E-state index is 13.3. The van der Waals surface area contributed by atoms with E-state index in [4.69, 9.17) is 0 Å². The zero-order valence-corrected chi connectivity index (χ0v) is 13.7. The van der Waals surface area contributed by atoms with E-state index >= 15 is 0 Å². The van der Waals surface area contributed by atoms with Gasteiger partial charge in [-0.3, -0.25) is 9.78 Å². The van der Waals surface area contributed by atoms with Crippen molar-refractivity contribution in [2.45, 2.75) is 38.1 Å². The molecule has 1 saturated heterocycles. The molecule has 2 aromatic rings. The quantitative estimate of drug-likeness (QED) is 0.839. The van der Waals surface area contributed by atoms with Crippen LogP contribution in [0, 0.1) is 5.82 Å². The number of carbonyl (C=O) groups excluding carboxylic acids is 1. The largest absolute Gasteiger partial charge is 0.340 e. The predicted molar refractivity (Wildman–Crippen MR) is 88.5 cm³/mol. The van der Waals surface area contributed by atoms with E-state index in [2.05, 4.69) is 18.8 Å². The number of aromatic nitrogens is 1. The first-order valence-electron chi connectivity index (χ1n) is 7.88. The van der Waals surface area contributed by atoms with Gasteiger partial charge in [-0.05, 0) is 50.5 Å². The Morgan fingerprint density at radius 1 is 1.22 bits per heavy atom. The van der Waals surface area contributed by atoms with Crippen LogP contribution in [0.25, 0.3) is 11.1 Å². The van der Waals surface area contributed by atoms with Crippen LogP contribution in [0.3, 0.4) is 0 Å². The first-order chi connectivity index (χ1) is 10.9. The SMILES string of the molecule is CN1C(=O)C(c2ccc(-c3cccc(F)c3)cn2)CCC1(C)C. The number of likely N-dealkylation sites (N-methyl/N-ethyl adjacent to an activating group) is 1. The molecule has 0 N–H and O–H groups in total. The lowest BCUT2D eigenvalue weighted by Crippen LogP contribution is -2.51. The molecule has 1 aliphatic rings. The fourth-order valence-electron chi connectivity index (χ4n) is 3.05. The zero-order chi connectivity index (χ0) is 16.6. The predicted octanol–water partition coefficient (Wildman–Crippen LogP) is 4.00. The van der Waals surface area contributed by atoms with Gasteiger partial charge in [0.1, 0.15) is 5.82 Å². The third-order valence-corrected chi connectivity index (χ3v) is 4.88. The molecule has 3 rings (SSSR count). The molecule has 1 aromatic heterocycles. The Bertz CT molecular complexity index is 724. The first-order valence-corrected chi connectivity index (χ1v) is 7.88. The van der Waals surface area contributed by atoms with Gasteiger partial charge in [0, 0.05) is 24.3 Å². The minimum absolute atomic E-state index is 0.102. The van der Waals surface area contributed by atoms with Gasteiger partial charge in [-0.2, -0.15) is 0 Å². The second kappa shape index (κ2) is 5.76. The highest BCUT2D eigenvalue weighted by molar-refractivity contribution is 5.84. The third kappa shape index (κ3) is 2.98. The Balaban J connectivity index is 1.84. The Morgan fingerprint density at radius 3 is 2.65 bits per heavy atom. The molecule has 23 heavy (non-hydrogen) atoms. The summed E-state index contributed by atoms with van der Waals surface area (Å²) in [6.07, 6.45) is 3.48. The van der Waals surface area contributed by atoms with Gasteiger partial charge in [0.2, 0.25) is 5.91 Å². The minimum Gasteiger partial charge on any atom is -0.340 e. The normalized spacial score (nSPS) is 20.6. The van der Waals surface area contributed by atoms with E-state index < -0.39 is 0 Å². The zero-order valence-electron chi connectivity index (χ0n) is 13.7. The summed E-state index contributed by atoms with van der Waals surface area (Å²) in [6, 6.07) is 10.2. The van der Waals surface area contributed by atoms with E-state index in [0.29, 0.717) is 0 Å². The van der Waals surface area contributed by atoms with Crippen LogP contribution in [0.4, 0.5) is 4.39 Å². The van der Waals surface area contributed by atoms with Crippen LogP contribution in [0.1, 0.15) is 38.3 Å². The molecule has 0 saturated carbocycles. The van der Waals surface area contributed by atoms with E-state index in [1.807, 2.05) is 30.1 Å². The third-order valence-electron chi connectivity index (χ3n) is 4.88. The number of halogens is 1. The van der Waals surface area contributed by atoms with E-state index in [-0.39, 0.29) is 23.2 Å². The van der Waals surface area contributed by atoms with Crippen molar-refractivity contribution in [1.29, 1.82) is 0 Å². The van der Waals surface area contributed by atoms with Crippen LogP contribution in [-0.2, 0) is 4.79 Å². The smallest absolute Gasteiger partial charge is 0.231 e. The number of hydrogen-bond donors (Lipinski definition) is 0. The summed E-state index contributed by atoms with van der Waals surface area (Å²) in [4.78, 5) is 18.9. The number of amides is 1. The van der Waals surface area contributed by atoms with Crippen molar-refractivity contribution in [3.63, 3.8) is 0 Å². The molecule has 0 radical (unpaired) electrons. The Hall–Kier alpha value is -2.23. The molecule has 0 aliphatic carbocycles. The molecule has 1 fully saturated rings. The molecular weight excluding hydrogens is 291 g/mol. The summed E-state index contributed by atoms with van der Waals surface area (Å²) >= 11 is 0. The van der Waals surface area contributed by atoms with Crippen LogP contribution in [0.5, 0.6) is 0 Å². The molecule has 3 nitrogen and oxygen atoms in total. The molecule has 0 spiro atoms. The topological polar surface area (TPSA) is 33.2 Å². The fraction of sp³-hybridized carbons (Fsp3) is 0.368. The first kappa shape index (κ1) is 15.7. The van der Waals surface area contributed by atoms with Gasteiger partial charge in [-0.1, -0.05) is 18.2 Å². The van der Waals surface area contributed by atoms with Crippen LogP contribution in [-0.4, -0.2) is 28.4 Å². The number of carbonyl (C=O) groups is 1. The van der Waals surface area contributed by atoms with Gasteiger partial charge in [-0.25, -0.2) is 4.39 Å². The second-order valence-electron chi connectivity index (χ2n) is 6.78. The Kier molecular flexibility index (Phi) is 3.92. The maximum Gasteiger partial charge on any atom is 0.231 e. The highest BCUT2D eigenvalue weighted by Gasteiger charge is 2.38. The molecule has 1 atom stereocenters. The molecule has 2 heterocycles. The fourth-order valence-corrected chi connectivity index (χ4v) is 3.05. The monoisotopic (exact) mass is 312 g/mol. The van der Waals surface area contributed by atoms with Crippen molar-refractivity contribution in [3.05, 3.63) is 54.1 Å². The lowest BCUT2D eigenvalue weighted by atomic mass is 9.83. The van der Waals surface area contributed by atoms with Gasteiger partial charge in [0.25, 0.3) is 0 Å². The summed E-state index contributed by atoms with van der Waals surface area (Å²) in [7, 11) is 1.86. The number of piperidine rings is 1. The number of hydrogen-bond acceptors (Lipinski definition) is 2. The van der Waals surface area contributed by atoms with Crippen molar-refractivity contribution < 1.29 is 9.18 Å². The van der Waals surface area contributed by atoms with Gasteiger partial charge in [-0.15, -0.1) is 0 Å². The van der Waals surface area contributed by atoms with Gasteiger partial charge >= 0.3 is 0 Å². The van der Waals surface area contributed by atoms with Crippen molar-refractivity contribution in [2.75, 3.05) is 7.05 Å². The van der Waals surface area contributed by atoms with Crippen molar-refractivity contribution in [2.24, 2.45) is 0 Å². The van der Waals surface area contributed by atoms with E-state index in [9.17, 15) is 9.18 Å². The molecular formula is C19H21FN2O. The molecule has 4 heteroatoms. The number of rotatable bonds is 2. The minimum atomic E-state index is -0.266.